The first-order chi connectivity index (χ1) is 16.6. The molecule has 3 aliphatic heterocycles. The van der Waals surface area contributed by atoms with E-state index in [1.807, 2.05) is 23.1 Å². The van der Waals surface area contributed by atoms with E-state index in [9.17, 15) is 9.90 Å². The normalized spacial score (nSPS) is 20.7. The van der Waals surface area contributed by atoms with E-state index in [0.29, 0.717) is 24.6 Å². The number of rotatable bonds is 6. The minimum atomic E-state index is -0.405. The van der Waals surface area contributed by atoms with Gasteiger partial charge in [0.15, 0.2) is 11.5 Å². The quantitative estimate of drug-likeness (QED) is 0.613. The highest BCUT2D eigenvalue weighted by Crippen LogP contribution is 2.37. The maximum absolute atomic E-state index is 13.1. The summed E-state index contributed by atoms with van der Waals surface area (Å²) in [5.74, 6) is 1.94. The predicted molar refractivity (Wildman–Crippen MR) is 130 cm³/mol. The number of aliphatic hydroxyl groups is 1. The molecule has 1 amide bonds. The van der Waals surface area contributed by atoms with Gasteiger partial charge in [-0.15, -0.1) is 0 Å². The van der Waals surface area contributed by atoms with Gasteiger partial charge in [0.2, 0.25) is 6.79 Å². The lowest BCUT2D eigenvalue weighted by molar-refractivity contribution is 0.0707. The van der Waals surface area contributed by atoms with Crippen molar-refractivity contribution >= 4 is 16.7 Å². The smallest absolute Gasteiger partial charge is 0.254 e. The molecule has 34 heavy (non-hydrogen) atoms. The second-order valence-corrected chi connectivity index (χ2v) is 9.77. The maximum atomic E-state index is 13.1. The number of β-amino-alcohol motifs (C(OH)–C–C–N with tert-alkyl or cyclic N) is 1. The van der Waals surface area contributed by atoms with Crippen molar-refractivity contribution in [3.8, 4) is 11.5 Å². The van der Waals surface area contributed by atoms with Crippen molar-refractivity contribution in [3.63, 3.8) is 0 Å². The summed E-state index contributed by atoms with van der Waals surface area (Å²) in [6.45, 7) is 4.29. The van der Waals surface area contributed by atoms with E-state index in [1.54, 1.807) is 0 Å². The lowest BCUT2D eigenvalue weighted by Crippen LogP contribution is -2.41. The van der Waals surface area contributed by atoms with Gasteiger partial charge in [0.05, 0.1) is 6.10 Å². The number of ether oxygens (including phenoxy) is 2. The van der Waals surface area contributed by atoms with Crippen LogP contribution in [0.1, 0.15) is 27.9 Å². The average molecular weight is 459 g/mol. The first-order valence-corrected chi connectivity index (χ1v) is 12.2. The molecule has 3 aromatic carbocycles. The zero-order valence-corrected chi connectivity index (χ0v) is 19.3. The Bertz CT molecular complexity index is 1220. The monoisotopic (exact) mass is 458 g/mol. The number of hydrogen-bond donors (Lipinski definition) is 1. The van der Waals surface area contributed by atoms with Crippen LogP contribution < -0.4 is 9.47 Å². The van der Waals surface area contributed by atoms with E-state index >= 15 is 0 Å². The Kier molecular flexibility index (Phi) is 5.63. The number of benzene rings is 3. The molecule has 0 bridgehead atoms. The van der Waals surface area contributed by atoms with Gasteiger partial charge in [0.1, 0.15) is 0 Å². The Morgan fingerprint density at radius 3 is 2.76 bits per heavy atom. The number of carbonyl (C=O) groups is 1. The third-order valence-electron chi connectivity index (χ3n) is 7.42. The predicted octanol–water partition coefficient (Wildman–Crippen LogP) is 3.49. The Morgan fingerprint density at radius 1 is 1.03 bits per heavy atom. The summed E-state index contributed by atoms with van der Waals surface area (Å²) in [7, 11) is 0. The average Bonchev–Trinajstić information content (AvgIpc) is 3.49. The molecule has 1 N–H and O–H groups in total. The van der Waals surface area contributed by atoms with Crippen LogP contribution in [0.25, 0.3) is 10.8 Å². The van der Waals surface area contributed by atoms with Gasteiger partial charge in [-0.3, -0.25) is 4.79 Å². The molecule has 6 rings (SSSR count). The molecule has 176 valence electrons. The number of nitrogens with zero attached hydrogens (tertiary/aromatic N) is 2. The summed E-state index contributed by atoms with van der Waals surface area (Å²) < 4.78 is 10.9. The standard InChI is InChI=1S/C28H30N2O4/c31-23(12-21-6-3-5-20-4-1-2-7-24(20)21)17-29-10-8-19(15-29)16-30-11-9-22-13-26-27(34-18-33-26)14-25(22)28(30)32/h1-7,13-14,19,23,31H,8-12,15-18H2. The third-order valence-corrected chi connectivity index (χ3v) is 7.42. The van der Waals surface area contributed by atoms with Crippen LogP contribution in [0.15, 0.2) is 54.6 Å². The first kappa shape index (κ1) is 21.4. The highest BCUT2D eigenvalue weighted by atomic mass is 16.7. The third kappa shape index (κ3) is 4.12. The number of aliphatic hydroxyl groups excluding tert-OH is 1. The second kappa shape index (κ2) is 8.93. The molecule has 2 atom stereocenters. The van der Waals surface area contributed by atoms with Crippen LogP contribution in [0.2, 0.25) is 0 Å². The zero-order chi connectivity index (χ0) is 23.1. The van der Waals surface area contributed by atoms with Gasteiger partial charge in [-0.1, -0.05) is 42.5 Å². The van der Waals surface area contributed by atoms with Crippen LogP contribution >= 0.6 is 0 Å². The fraction of sp³-hybridized carbons (Fsp3) is 0.393. The molecule has 1 saturated heterocycles. The van der Waals surface area contributed by atoms with Crippen molar-refractivity contribution in [3.05, 3.63) is 71.3 Å². The molecule has 0 saturated carbocycles. The van der Waals surface area contributed by atoms with E-state index in [0.717, 1.165) is 55.9 Å². The largest absolute Gasteiger partial charge is 0.454 e. The fourth-order valence-corrected chi connectivity index (χ4v) is 5.72. The van der Waals surface area contributed by atoms with Crippen molar-refractivity contribution in [2.24, 2.45) is 5.92 Å². The van der Waals surface area contributed by atoms with Gasteiger partial charge in [0, 0.05) is 38.2 Å². The summed E-state index contributed by atoms with van der Waals surface area (Å²) in [5, 5.41) is 13.3. The summed E-state index contributed by atoms with van der Waals surface area (Å²) in [5.41, 5.74) is 2.99. The van der Waals surface area contributed by atoms with Gasteiger partial charge in [-0.25, -0.2) is 0 Å². The summed E-state index contributed by atoms with van der Waals surface area (Å²) in [4.78, 5) is 17.5. The molecule has 6 nitrogen and oxygen atoms in total. The minimum Gasteiger partial charge on any atom is -0.454 e. The first-order valence-electron chi connectivity index (χ1n) is 12.2. The van der Waals surface area contributed by atoms with Gasteiger partial charge < -0.3 is 24.4 Å². The summed E-state index contributed by atoms with van der Waals surface area (Å²) in [6, 6.07) is 18.4. The molecule has 3 heterocycles. The van der Waals surface area contributed by atoms with Crippen molar-refractivity contribution in [2.75, 3.05) is 39.5 Å². The van der Waals surface area contributed by atoms with E-state index < -0.39 is 6.10 Å². The Balaban J connectivity index is 1.05. The van der Waals surface area contributed by atoms with Crippen molar-refractivity contribution in [1.82, 2.24) is 9.80 Å². The van der Waals surface area contributed by atoms with E-state index in [2.05, 4.69) is 41.3 Å². The van der Waals surface area contributed by atoms with Crippen LogP contribution in [-0.2, 0) is 12.8 Å². The molecular weight excluding hydrogens is 428 g/mol. The number of amides is 1. The van der Waals surface area contributed by atoms with Crippen molar-refractivity contribution < 1.29 is 19.4 Å². The lowest BCUT2D eigenvalue weighted by Gasteiger charge is -2.31. The van der Waals surface area contributed by atoms with Crippen molar-refractivity contribution in [1.29, 1.82) is 0 Å². The van der Waals surface area contributed by atoms with Gasteiger partial charge in [-0.2, -0.15) is 0 Å². The van der Waals surface area contributed by atoms with Gasteiger partial charge in [0.25, 0.3) is 5.91 Å². The van der Waals surface area contributed by atoms with Crippen molar-refractivity contribution in [2.45, 2.75) is 25.4 Å². The van der Waals surface area contributed by atoms with Gasteiger partial charge >= 0.3 is 0 Å². The summed E-state index contributed by atoms with van der Waals surface area (Å²) in [6.07, 6.45) is 2.15. The summed E-state index contributed by atoms with van der Waals surface area (Å²) >= 11 is 0. The molecule has 2 unspecified atom stereocenters. The zero-order valence-electron chi connectivity index (χ0n) is 19.3. The highest BCUT2D eigenvalue weighted by molar-refractivity contribution is 5.97. The fourth-order valence-electron chi connectivity index (χ4n) is 5.72. The lowest BCUT2D eigenvalue weighted by atomic mass is 9.97. The van der Waals surface area contributed by atoms with Gasteiger partial charge in [-0.05, 0) is 59.3 Å². The van der Waals surface area contributed by atoms with E-state index in [-0.39, 0.29) is 12.7 Å². The maximum Gasteiger partial charge on any atom is 0.254 e. The molecule has 6 heteroatoms. The second-order valence-electron chi connectivity index (χ2n) is 9.77. The molecule has 0 aromatic heterocycles. The number of likely N-dealkylation sites (tertiary alicyclic amines) is 1. The van der Waals surface area contributed by atoms with Crippen LogP contribution in [-0.4, -0.2) is 66.4 Å². The Hall–Kier alpha value is -3.09. The van der Waals surface area contributed by atoms with Crippen LogP contribution in [0, 0.1) is 5.92 Å². The highest BCUT2D eigenvalue weighted by Gasteiger charge is 2.32. The van der Waals surface area contributed by atoms with E-state index in [4.69, 9.17) is 9.47 Å². The molecular formula is C28H30N2O4. The molecule has 3 aliphatic rings. The number of fused-ring (bicyclic) bond motifs is 3. The Labute approximate surface area is 199 Å². The van der Waals surface area contributed by atoms with Crippen LogP contribution in [0.3, 0.4) is 0 Å². The van der Waals surface area contributed by atoms with E-state index in [1.165, 1.54) is 16.3 Å². The molecule has 0 radical (unpaired) electrons. The topological polar surface area (TPSA) is 62.2 Å². The van der Waals surface area contributed by atoms with Crippen LogP contribution in [0.5, 0.6) is 11.5 Å². The SMILES string of the molecule is O=C1c2cc3c(cc2CCN1CC1CCN(CC(O)Cc2cccc4ccccc24)C1)OCO3. The molecule has 0 spiro atoms. The number of hydrogen-bond acceptors (Lipinski definition) is 5. The van der Waals surface area contributed by atoms with Crippen LogP contribution in [0.4, 0.5) is 0 Å². The molecule has 0 aliphatic carbocycles. The number of carbonyl (C=O) groups excluding carboxylic acids is 1. The minimum absolute atomic E-state index is 0.0917. The molecule has 1 fully saturated rings. The Morgan fingerprint density at radius 2 is 1.85 bits per heavy atom. The molecule has 3 aromatic rings.